The maximum atomic E-state index is 12.4. The first-order valence-electron chi connectivity index (χ1n) is 5.95. The number of aliphatic carboxylic acids is 1. The number of hydrogen-bond donors (Lipinski definition) is 1. The van der Waals surface area contributed by atoms with Crippen LogP contribution in [0.3, 0.4) is 0 Å². The third-order valence-corrected chi connectivity index (χ3v) is 4.00. The minimum Gasteiger partial charge on any atom is -0.480 e. The average molecular weight is 320 g/mol. The molecular weight excluding hydrogens is 309 g/mol. The molecule has 1 atom stereocenters. The van der Waals surface area contributed by atoms with E-state index in [1.807, 2.05) is 0 Å². The molecule has 1 unspecified atom stereocenters. The summed E-state index contributed by atoms with van der Waals surface area (Å²) in [5, 5.41) is 9.08. The highest BCUT2D eigenvalue weighted by atomic mass is 32.2. The lowest BCUT2D eigenvalue weighted by molar-refractivity contribution is -0.142. The molecule has 0 radical (unpaired) electrons. The number of carbonyl (C=O) groups excluding carboxylic acids is 1. The minimum absolute atomic E-state index is 0.0545. The summed E-state index contributed by atoms with van der Waals surface area (Å²) in [5.41, 5.74) is -1.15. The Morgan fingerprint density at radius 3 is 2.62 bits per heavy atom. The van der Waals surface area contributed by atoms with Gasteiger partial charge in [0.05, 0.1) is 5.56 Å². The van der Waals surface area contributed by atoms with Gasteiger partial charge in [-0.2, -0.15) is 24.9 Å². The first-order valence-corrected chi connectivity index (χ1v) is 7.11. The van der Waals surface area contributed by atoms with E-state index in [2.05, 4.69) is 4.98 Å². The fourth-order valence-corrected chi connectivity index (χ4v) is 2.94. The van der Waals surface area contributed by atoms with Crippen molar-refractivity contribution in [3.8, 4) is 0 Å². The predicted molar refractivity (Wildman–Crippen MR) is 69.0 cm³/mol. The van der Waals surface area contributed by atoms with Gasteiger partial charge in [-0.25, -0.2) is 4.79 Å². The molecule has 1 aliphatic rings. The van der Waals surface area contributed by atoms with Crippen LogP contribution in [0.4, 0.5) is 13.2 Å². The number of carboxylic acid groups (broad SMARTS) is 1. The third kappa shape index (κ3) is 3.46. The van der Waals surface area contributed by atoms with Gasteiger partial charge in [-0.1, -0.05) is 0 Å². The monoisotopic (exact) mass is 320 g/mol. The van der Waals surface area contributed by atoms with Crippen molar-refractivity contribution in [3.05, 3.63) is 29.6 Å². The van der Waals surface area contributed by atoms with E-state index in [4.69, 9.17) is 5.11 Å². The Morgan fingerprint density at radius 1 is 1.38 bits per heavy atom. The number of hydrogen-bond acceptors (Lipinski definition) is 4. The fraction of sp³-hybridized carbons (Fsp3) is 0.417. The highest BCUT2D eigenvalue weighted by Crippen LogP contribution is 2.27. The zero-order chi connectivity index (χ0) is 15.6. The molecule has 21 heavy (non-hydrogen) atoms. The molecule has 9 heteroatoms. The third-order valence-electron chi connectivity index (χ3n) is 2.98. The molecule has 1 aromatic rings. The Kier molecular flexibility index (Phi) is 4.40. The van der Waals surface area contributed by atoms with Crippen molar-refractivity contribution in [2.45, 2.75) is 12.2 Å². The maximum absolute atomic E-state index is 12.4. The minimum atomic E-state index is -4.58. The summed E-state index contributed by atoms with van der Waals surface area (Å²) in [6.45, 7) is 0.238. The number of carbonyl (C=O) groups is 2. The van der Waals surface area contributed by atoms with Crippen LogP contribution in [-0.2, 0) is 11.0 Å². The first-order chi connectivity index (χ1) is 9.80. The lowest BCUT2D eigenvalue weighted by atomic mass is 10.2. The van der Waals surface area contributed by atoms with Crippen molar-refractivity contribution < 1.29 is 27.9 Å². The number of alkyl halides is 3. The van der Waals surface area contributed by atoms with E-state index in [-0.39, 0.29) is 17.9 Å². The van der Waals surface area contributed by atoms with E-state index < -0.39 is 29.8 Å². The van der Waals surface area contributed by atoms with Crippen molar-refractivity contribution in [1.29, 1.82) is 0 Å². The van der Waals surface area contributed by atoms with E-state index in [0.717, 1.165) is 17.2 Å². The topological polar surface area (TPSA) is 70.5 Å². The van der Waals surface area contributed by atoms with E-state index in [1.165, 1.54) is 11.8 Å². The second-order valence-electron chi connectivity index (χ2n) is 4.36. The van der Waals surface area contributed by atoms with Gasteiger partial charge in [0, 0.05) is 24.2 Å². The first kappa shape index (κ1) is 15.6. The highest BCUT2D eigenvalue weighted by Gasteiger charge is 2.35. The number of carboxylic acids is 1. The van der Waals surface area contributed by atoms with Crippen LogP contribution in [0.1, 0.15) is 16.1 Å². The summed E-state index contributed by atoms with van der Waals surface area (Å²) in [4.78, 5) is 27.7. The van der Waals surface area contributed by atoms with E-state index in [1.54, 1.807) is 0 Å². The molecule has 1 aliphatic heterocycles. The maximum Gasteiger partial charge on any atom is 0.433 e. The Hall–Kier alpha value is -1.77. The van der Waals surface area contributed by atoms with Crippen LogP contribution in [-0.4, -0.2) is 51.0 Å². The van der Waals surface area contributed by atoms with Crippen molar-refractivity contribution in [1.82, 2.24) is 9.88 Å². The molecule has 0 bridgehead atoms. The number of aromatic nitrogens is 1. The van der Waals surface area contributed by atoms with Crippen molar-refractivity contribution in [3.63, 3.8) is 0 Å². The van der Waals surface area contributed by atoms with Crippen LogP contribution >= 0.6 is 11.8 Å². The summed E-state index contributed by atoms with van der Waals surface area (Å²) in [6, 6.07) is 0.749. The van der Waals surface area contributed by atoms with Crippen LogP contribution in [0.15, 0.2) is 18.3 Å². The Bertz CT molecular complexity index is 548. The van der Waals surface area contributed by atoms with Gasteiger partial charge in [-0.05, 0) is 12.1 Å². The Morgan fingerprint density at radius 2 is 2.10 bits per heavy atom. The second kappa shape index (κ2) is 5.92. The SMILES string of the molecule is O=C(O)C1CSCCN1C(=O)c1ccc(C(F)(F)F)nc1. The molecule has 1 amide bonds. The lowest BCUT2D eigenvalue weighted by Crippen LogP contribution is -2.50. The van der Waals surface area contributed by atoms with Crippen LogP contribution in [0, 0.1) is 0 Å². The van der Waals surface area contributed by atoms with Crippen LogP contribution in [0.25, 0.3) is 0 Å². The molecule has 1 saturated heterocycles. The number of rotatable bonds is 2. The zero-order valence-electron chi connectivity index (χ0n) is 10.6. The molecule has 2 rings (SSSR count). The molecule has 0 aromatic carbocycles. The Labute approximate surface area is 122 Å². The number of pyridine rings is 1. The van der Waals surface area contributed by atoms with Crippen molar-refractivity contribution in [2.24, 2.45) is 0 Å². The number of halogens is 3. The van der Waals surface area contributed by atoms with Gasteiger partial charge >= 0.3 is 12.1 Å². The molecule has 0 saturated carbocycles. The van der Waals surface area contributed by atoms with Crippen molar-refractivity contribution in [2.75, 3.05) is 18.1 Å². The summed E-state index contributed by atoms with van der Waals surface area (Å²) in [6.07, 6.45) is -3.75. The van der Waals surface area contributed by atoms with E-state index in [9.17, 15) is 22.8 Å². The van der Waals surface area contributed by atoms with Crippen LogP contribution in [0.2, 0.25) is 0 Å². The largest absolute Gasteiger partial charge is 0.480 e. The van der Waals surface area contributed by atoms with Gasteiger partial charge in [0.15, 0.2) is 0 Å². The summed E-state index contributed by atoms with van der Waals surface area (Å²) < 4.78 is 37.2. The quantitative estimate of drug-likeness (QED) is 0.899. The zero-order valence-corrected chi connectivity index (χ0v) is 11.4. The molecular formula is C12H11F3N2O3S. The average Bonchev–Trinajstić information content (AvgIpc) is 2.45. The highest BCUT2D eigenvalue weighted by molar-refractivity contribution is 7.99. The molecule has 1 N–H and O–H groups in total. The molecule has 0 spiro atoms. The van der Waals surface area contributed by atoms with Gasteiger partial charge < -0.3 is 10.0 Å². The smallest absolute Gasteiger partial charge is 0.433 e. The predicted octanol–water partition coefficient (Wildman–Crippen LogP) is 1.74. The summed E-state index contributed by atoms with van der Waals surface area (Å²) in [7, 11) is 0. The number of amides is 1. The molecule has 5 nitrogen and oxygen atoms in total. The molecule has 2 heterocycles. The number of nitrogens with zero attached hydrogens (tertiary/aromatic N) is 2. The lowest BCUT2D eigenvalue weighted by Gasteiger charge is -2.32. The van der Waals surface area contributed by atoms with Crippen LogP contribution in [0.5, 0.6) is 0 Å². The van der Waals surface area contributed by atoms with Gasteiger partial charge in [-0.3, -0.25) is 9.78 Å². The van der Waals surface area contributed by atoms with Gasteiger partial charge in [0.25, 0.3) is 5.91 Å². The molecule has 1 aromatic heterocycles. The number of thioether (sulfide) groups is 1. The van der Waals surface area contributed by atoms with Gasteiger partial charge in [0.2, 0.25) is 0 Å². The second-order valence-corrected chi connectivity index (χ2v) is 5.51. The van der Waals surface area contributed by atoms with Gasteiger partial charge in [-0.15, -0.1) is 0 Å². The van der Waals surface area contributed by atoms with Crippen LogP contribution < -0.4 is 0 Å². The normalized spacial score (nSPS) is 19.4. The van der Waals surface area contributed by atoms with Crippen molar-refractivity contribution >= 4 is 23.6 Å². The van der Waals surface area contributed by atoms with Gasteiger partial charge in [0.1, 0.15) is 11.7 Å². The Balaban J connectivity index is 2.20. The molecule has 0 aliphatic carbocycles. The molecule has 1 fully saturated rings. The van der Waals surface area contributed by atoms with E-state index >= 15 is 0 Å². The standard InChI is InChI=1S/C12H11F3N2O3S/c13-12(14,15)9-2-1-7(5-16-9)10(18)17-3-4-21-6-8(17)11(19)20/h1-2,5,8H,3-4,6H2,(H,19,20). The molecule has 114 valence electrons. The fourth-order valence-electron chi connectivity index (χ4n) is 1.91. The van der Waals surface area contributed by atoms with E-state index in [0.29, 0.717) is 11.8 Å². The summed E-state index contributed by atoms with van der Waals surface area (Å²) in [5.74, 6) is -0.905. The summed E-state index contributed by atoms with van der Waals surface area (Å²) >= 11 is 1.41.